The lowest BCUT2D eigenvalue weighted by atomic mass is 9.96. The van der Waals surface area contributed by atoms with Crippen LogP contribution in [0.5, 0.6) is 0 Å². The highest BCUT2D eigenvalue weighted by Crippen LogP contribution is 2.27. The maximum Gasteiger partial charge on any atom is 0.343 e. The fourth-order valence-electron chi connectivity index (χ4n) is 3.69. The molecule has 1 aliphatic rings. The molecule has 0 bridgehead atoms. The number of carbonyl (C=O) groups is 2. The standard InChI is InChI=1S/C24H26ClN5O2S/c1-16-7-9-17(10-8-16)21-15-33-24(28-21)30(23(32)27-19-5-3-2-4-6-19)29-22(31)26-20-13-11-18(25)12-14-20/h7-15,19H,2-6H2,1H3,(H,27,32)(H2,26,29,31). The van der Waals surface area contributed by atoms with E-state index in [2.05, 4.69) is 21.0 Å². The molecule has 7 nitrogen and oxygen atoms in total. The predicted molar refractivity (Wildman–Crippen MR) is 134 cm³/mol. The Kier molecular flexibility index (Phi) is 7.47. The van der Waals surface area contributed by atoms with Crippen molar-refractivity contribution in [3.05, 3.63) is 64.5 Å². The number of urea groups is 2. The summed E-state index contributed by atoms with van der Waals surface area (Å²) in [7, 11) is 0. The van der Waals surface area contributed by atoms with Gasteiger partial charge in [-0.05, 0) is 44.0 Å². The van der Waals surface area contributed by atoms with E-state index in [1.807, 2.05) is 36.6 Å². The van der Waals surface area contributed by atoms with Crippen molar-refractivity contribution in [1.82, 2.24) is 15.7 Å². The smallest absolute Gasteiger partial charge is 0.333 e. The Morgan fingerprint density at radius 2 is 1.73 bits per heavy atom. The van der Waals surface area contributed by atoms with E-state index >= 15 is 0 Å². The zero-order valence-corrected chi connectivity index (χ0v) is 19.9. The Morgan fingerprint density at radius 3 is 2.42 bits per heavy atom. The first kappa shape index (κ1) is 23.1. The molecule has 0 radical (unpaired) electrons. The number of benzene rings is 2. The molecule has 9 heteroatoms. The van der Waals surface area contributed by atoms with Crippen LogP contribution in [0.15, 0.2) is 53.9 Å². The number of aryl methyl sites for hydroxylation is 1. The van der Waals surface area contributed by atoms with Crippen LogP contribution < -0.4 is 21.1 Å². The summed E-state index contributed by atoms with van der Waals surface area (Å²) in [4.78, 5) is 30.5. The molecule has 4 amide bonds. The quantitative estimate of drug-likeness (QED) is 0.377. The molecule has 0 unspecified atom stereocenters. The second-order valence-corrected chi connectivity index (χ2v) is 9.35. The number of nitrogens with zero attached hydrogens (tertiary/aromatic N) is 2. The van der Waals surface area contributed by atoms with Crippen LogP contribution in [0, 0.1) is 6.92 Å². The average Bonchev–Trinajstić information content (AvgIpc) is 3.30. The summed E-state index contributed by atoms with van der Waals surface area (Å²) in [5.74, 6) is 0. The molecular formula is C24H26ClN5O2S. The lowest BCUT2D eigenvalue weighted by molar-refractivity contribution is 0.231. The first-order valence-corrected chi connectivity index (χ1v) is 12.2. The van der Waals surface area contributed by atoms with Crippen LogP contribution in [0.25, 0.3) is 11.3 Å². The number of anilines is 2. The molecule has 3 N–H and O–H groups in total. The molecule has 2 aromatic carbocycles. The highest BCUT2D eigenvalue weighted by Gasteiger charge is 2.25. The maximum atomic E-state index is 13.2. The van der Waals surface area contributed by atoms with Crippen molar-refractivity contribution in [3.8, 4) is 11.3 Å². The Labute approximate surface area is 202 Å². The summed E-state index contributed by atoms with van der Waals surface area (Å²) in [5, 5.41) is 9.77. The first-order valence-electron chi connectivity index (χ1n) is 10.9. The molecule has 1 aromatic heterocycles. The summed E-state index contributed by atoms with van der Waals surface area (Å²) in [6, 6.07) is 13.9. The highest BCUT2D eigenvalue weighted by atomic mass is 35.5. The zero-order chi connectivity index (χ0) is 23.2. The van der Waals surface area contributed by atoms with Gasteiger partial charge in [0.15, 0.2) is 0 Å². The van der Waals surface area contributed by atoms with Gasteiger partial charge in [-0.15, -0.1) is 11.3 Å². The second kappa shape index (κ2) is 10.7. The van der Waals surface area contributed by atoms with E-state index in [0.717, 1.165) is 42.5 Å². The minimum Gasteiger partial charge on any atom is -0.333 e. The van der Waals surface area contributed by atoms with Crippen molar-refractivity contribution in [2.75, 3.05) is 10.3 Å². The number of carbonyl (C=O) groups excluding carboxylic acids is 2. The monoisotopic (exact) mass is 483 g/mol. The molecule has 0 aliphatic heterocycles. The van der Waals surface area contributed by atoms with Crippen LogP contribution in [0.3, 0.4) is 0 Å². The number of hydrazine groups is 1. The molecule has 3 aromatic rings. The summed E-state index contributed by atoms with van der Waals surface area (Å²) in [5.41, 5.74) is 6.05. The lowest BCUT2D eigenvalue weighted by Crippen LogP contribution is -2.54. The third kappa shape index (κ3) is 6.24. The maximum absolute atomic E-state index is 13.2. The molecule has 4 rings (SSSR count). The van der Waals surface area contributed by atoms with Crippen LogP contribution in [0.1, 0.15) is 37.7 Å². The molecule has 0 atom stereocenters. The van der Waals surface area contributed by atoms with E-state index < -0.39 is 12.1 Å². The van der Waals surface area contributed by atoms with Crippen molar-refractivity contribution < 1.29 is 9.59 Å². The Bertz CT molecular complexity index is 1090. The van der Waals surface area contributed by atoms with Gasteiger partial charge in [-0.2, -0.15) is 5.01 Å². The molecule has 1 heterocycles. The molecule has 33 heavy (non-hydrogen) atoms. The summed E-state index contributed by atoms with van der Waals surface area (Å²) < 4.78 is 0. The summed E-state index contributed by atoms with van der Waals surface area (Å²) >= 11 is 7.20. The Morgan fingerprint density at radius 1 is 1.03 bits per heavy atom. The van der Waals surface area contributed by atoms with E-state index in [1.165, 1.54) is 22.8 Å². The number of hydrogen-bond acceptors (Lipinski definition) is 4. The van der Waals surface area contributed by atoms with E-state index in [9.17, 15) is 9.59 Å². The highest BCUT2D eigenvalue weighted by molar-refractivity contribution is 7.14. The van der Waals surface area contributed by atoms with Gasteiger partial charge in [0, 0.05) is 27.7 Å². The van der Waals surface area contributed by atoms with Crippen LogP contribution in [0.4, 0.5) is 20.4 Å². The van der Waals surface area contributed by atoms with Crippen molar-refractivity contribution in [2.24, 2.45) is 0 Å². The number of amides is 4. The summed E-state index contributed by atoms with van der Waals surface area (Å²) in [6.07, 6.45) is 5.23. The van der Waals surface area contributed by atoms with Gasteiger partial charge in [0.2, 0.25) is 5.13 Å². The fourth-order valence-corrected chi connectivity index (χ4v) is 4.61. The predicted octanol–water partition coefficient (Wildman–Crippen LogP) is 6.36. The van der Waals surface area contributed by atoms with Crippen LogP contribution in [0.2, 0.25) is 5.02 Å². The first-order chi connectivity index (χ1) is 16.0. The van der Waals surface area contributed by atoms with Gasteiger partial charge in [-0.1, -0.05) is 60.7 Å². The topological polar surface area (TPSA) is 86.4 Å². The molecule has 1 fully saturated rings. The second-order valence-electron chi connectivity index (χ2n) is 8.07. The molecule has 1 saturated carbocycles. The van der Waals surface area contributed by atoms with Gasteiger partial charge in [-0.25, -0.2) is 20.0 Å². The number of rotatable bonds is 4. The number of thiazole rings is 1. The van der Waals surface area contributed by atoms with Crippen LogP contribution >= 0.6 is 22.9 Å². The molecule has 172 valence electrons. The third-order valence-corrected chi connectivity index (χ3v) is 6.56. The van der Waals surface area contributed by atoms with Crippen molar-refractivity contribution in [3.63, 3.8) is 0 Å². The van der Waals surface area contributed by atoms with Gasteiger partial charge in [-0.3, -0.25) is 0 Å². The zero-order valence-electron chi connectivity index (χ0n) is 18.3. The molecule has 1 aliphatic carbocycles. The SMILES string of the molecule is Cc1ccc(-c2csc(N(NC(=O)Nc3ccc(Cl)cc3)C(=O)NC3CCCCC3)n2)cc1. The van der Waals surface area contributed by atoms with E-state index in [4.69, 9.17) is 11.6 Å². The van der Waals surface area contributed by atoms with E-state index in [1.54, 1.807) is 24.3 Å². The van der Waals surface area contributed by atoms with Gasteiger partial charge < -0.3 is 10.6 Å². The van der Waals surface area contributed by atoms with Gasteiger partial charge >= 0.3 is 12.1 Å². The molecule has 0 spiro atoms. The van der Waals surface area contributed by atoms with Crippen LogP contribution in [-0.4, -0.2) is 23.1 Å². The molecular weight excluding hydrogens is 458 g/mol. The molecule has 0 saturated heterocycles. The third-order valence-electron chi connectivity index (χ3n) is 5.48. The normalized spacial score (nSPS) is 13.9. The van der Waals surface area contributed by atoms with Crippen molar-refractivity contribution >= 4 is 45.8 Å². The van der Waals surface area contributed by atoms with Gasteiger partial charge in [0.05, 0.1) is 5.69 Å². The Balaban J connectivity index is 1.52. The van der Waals surface area contributed by atoms with Crippen molar-refractivity contribution in [2.45, 2.75) is 45.1 Å². The Hall–Kier alpha value is -3.10. The minimum atomic E-state index is -0.553. The number of halogens is 1. The average molecular weight is 484 g/mol. The minimum absolute atomic E-state index is 0.0893. The van der Waals surface area contributed by atoms with Gasteiger partial charge in [0.25, 0.3) is 0 Å². The lowest BCUT2D eigenvalue weighted by Gasteiger charge is -2.27. The number of hydrogen-bond donors (Lipinski definition) is 3. The fraction of sp³-hybridized carbons (Fsp3) is 0.292. The van der Waals surface area contributed by atoms with Crippen molar-refractivity contribution in [1.29, 1.82) is 0 Å². The van der Waals surface area contributed by atoms with Gasteiger partial charge in [0.1, 0.15) is 0 Å². The summed E-state index contributed by atoms with van der Waals surface area (Å²) in [6.45, 7) is 2.02. The van der Waals surface area contributed by atoms with E-state index in [-0.39, 0.29) is 6.04 Å². The number of aromatic nitrogens is 1. The largest absolute Gasteiger partial charge is 0.343 e. The number of nitrogens with one attached hydrogen (secondary N) is 3. The van der Waals surface area contributed by atoms with Crippen LogP contribution in [-0.2, 0) is 0 Å². The van der Waals surface area contributed by atoms with E-state index in [0.29, 0.717) is 15.8 Å².